The predicted molar refractivity (Wildman–Crippen MR) is 69.2 cm³/mol. The van der Waals surface area contributed by atoms with E-state index in [0.717, 1.165) is 0 Å². The molecule has 0 aliphatic heterocycles. The van der Waals surface area contributed by atoms with Gasteiger partial charge in [0.25, 0.3) is 0 Å². The predicted octanol–water partition coefficient (Wildman–Crippen LogP) is 2.46. The van der Waals surface area contributed by atoms with Crippen molar-refractivity contribution in [3.05, 3.63) is 9.15 Å². The van der Waals surface area contributed by atoms with Gasteiger partial charge in [-0.2, -0.15) is 0 Å². The molecule has 0 aliphatic rings. The summed E-state index contributed by atoms with van der Waals surface area (Å²) < 4.78 is 10.1. The average molecular weight is 340 g/mol. The maximum absolute atomic E-state index is 11.6. The molecule has 0 heterocycles. The molecule has 0 aromatic heterocycles. The number of ether oxygens (including phenoxy) is 2. The molecule has 0 saturated carbocycles. The standard InChI is InChI=1S/C11H17IO4/c1-5-15-10(13)8(7(3)4)9(12)11(14)16-6-2/h7H,5-6H2,1-4H3/b9-8-. The summed E-state index contributed by atoms with van der Waals surface area (Å²) in [5, 5.41) is 0. The van der Waals surface area contributed by atoms with Gasteiger partial charge >= 0.3 is 11.9 Å². The van der Waals surface area contributed by atoms with E-state index < -0.39 is 11.9 Å². The molecule has 92 valence electrons. The minimum atomic E-state index is -0.472. The fraction of sp³-hybridized carbons (Fsp3) is 0.636. The van der Waals surface area contributed by atoms with E-state index in [1.54, 1.807) is 13.8 Å². The molecule has 4 nitrogen and oxygen atoms in total. The summed E-state index contributed by atoms with van der Waals surface area (Å²) in [6.45, 7) is 7.71. The van der Waals surface area contributed by atoms with Crippen molar-refractivity contribution in [2.75, 3.05) is 13.2 Å². The minimum absolute atomic E-state index is 0.0737. The van der Waals surface area contributed by atoms with Crippen molar-refractivity contribution >= 4 is 34.5 Å². The highest BCUT2D eigenvalue weighted by Crippen LogP contribution is 2.23. The lowest BCUT2D eigenvalue weighted by Crippen LogP contribution is -2.17. The molecule has 0 amide bonds. The first-order valence-electron chi connectivity index (χ1n) is 5.19. The normalized spacial score (nSPS) is 12.1. The molecule has 0 aromatic carbocycles. The van der Waals surface area contributed by atoms with Crippen molar-refractivity contribution in [3.63, 3.8) is 0 Å². The van der Waals surface area contributed by atoms with Crippen LogP contribution in [0.1, 0.15) is 27.7 Å². The van der Waals surface area contributed by atoms with Crippen LogP contribution in [0.15, 0.2) is 9.15 Å². The van der Waals surface area contributed by atoms with Crippen LogP contribution in [0, 0.1) is 5.92 Å². The zero-order valence-corrected chi connectivity index (χ0v) is 12.2. The third-order valence-corrected chi connectivity index (χ3v) is 2.79. The second kappa shape index (κ2) is 7.65. The molecule has 0 N–H and O–H groups in total. The Morgan fingerprint density at radius 3 is 1.88 bits per heavy atom. The summed E-state index contributed by atoms with van der Waals surface area (Å²) in [5.74, 6) is -0.995. The lowest BCUT2D eigenvalue weighted by atomic mass is 10.0. The van der Waals surface area contributed by atoms with E-state index in [9.17, 15) is 9.59 Å². The van der Waals surface area contributed by atoms with E-state index in [2.05, 4.69) is 0 Å². The van der Waals surface area contributed by atoms with Crippen LogP contribution >= 0.6 is 22.6 Å². The lowest BCUT2D eigenvalue weighted by molar-refractivity contribution is -0.141. The van der Waals surface area contributed by atoms with Gasteiger partial charge in [-0.1, -0.05) is 13.8 Å². The minimum Gasteiger partial charge on any atom is -0.463 e. The first kappa shape index (κ1) is 15.4. The van der Waals surface area contributed by atoms with Crippen molar-refractivity contribution in [1.29, 1.82) is 0 Å². The smallest absolute Gasteiger partial charge is 0.344 e. The van der Waals surface area contributed by atoms with E-state index in [1.165, 1.54) is 0 Å². The second-order valence-electron chi connectivity index (χ2n) is 3.32. The van der Waals surface area contributed by atoms with Gasteiger partial charge in [-0.25, -0.2) is 9.59 Å². The van der Waals surface area contributed by atoms with Gasteiger partial charge < -0.3 is 9.47 Å². The Bertz CT molecular complexity index is 294. The highest BCUT2D eigenvalue weighted by molar-refractivity contribution is 14.1. The molecule has 0 aromatic rings. The van der Waals surface area contributed by atoms with E-state index >= 15 is 0 Å². The molecule has 0 saturated heterocycles. The van der Waals surface area contributed by atoms with Crippen molar-refractivity contribution < 1.29 is 19.1 Å². The first-order chi connectivity index (χ1) is 7.45. The monoisotopic (exact) mass is 340 g/mol. The molecule has 5 heteroatoms. The zero-order chi connectivity index (χ0) is 12.7. The highest BCUT2D eigenvalue weighted by Gasteiger charge is 2.23. The molecule has 0 fully saturated rings. The molecular weight excluding hydrogens is 323 g/mol. The third kappa shape index (κ3) is 4.51. The van der Waals surface area contributed by atoms with Crippen LogP contribution in [0.25, 0.3) is 0 Å². The van der Waals surface area contributed by atoms with E-state index in [4.69, 9.17) is 9.47 Å². The molecule has 0 bridgehead atoms. The van der Waals surface area contributed by atoms with Crippen molar-refractivity contribution in [1.82, 2.24) is 0 Å². The molecule has 0 unspecified atom stereocenters. The van der Waals surface area contributed by atoms with Crippen LogP contribution in [0.2, 0.25) is 0 Å². The second-order valence-corrected chi connectivity index (χ2v) is 4.40. The van der Waals surface area contributed by atoms with Gasteiger partial charge in [0.05, 0.1) is 18.8 Å². The van der Waals surface area contributed by atoms with E-state index in [0.29, 0.717) is 22.4 Å². The number of carbonyl (C=O) groups excluding carboxylic acids is 2. The molecule has 0 rings (SSSR count). The zero-order valence-electron chi connectivity index (χ0n) is 10.0. The van der Waals surface area contributed by atoms with Crippen LogP contribution in [0.3, 0.4) is 0 Å². The fourth-order valence-electron chi connectivity index (χ4n) is 1.09. The Kier molecular flexibility index (Phi) is 7.36. The molecule has 0 aliphatic carbocycles. The van der Waals surface area contributed by atoms with E-state index in [1.807, 2.05) is 36.4 Å². The van der Waals surface area contributed by atoms with Crippen LogP contribution in [0.4, 0.5) is 0 Å². The summed E-state index contributed by atoms with van der Waals surface area (Å²) in [5.41, 5.74) is 0.376. The Morgan fingerprint density at radius 2 is 1.50 bits per heavy atom. The Balaban J connectivity index is 5.07. The Labute approximate surface area is 110 Å². The van der Waals surface area contributed by atoms with Gasteiger partial charge in [-0.15, -0.1) is 0 Å². The number of esters is 2. The summed E-state index contributed by atoms with van der Waals surface area (Å²) in [6, 6.07) is 0. The average Bonchev–Trinajstić information content (AvgIpc) is 2.17. The van der Waals surface area contributed by atoms with E-state index in [-0.39, 0.29) is 5.92 Å². The summed E-state index contributed by atoms with van der Waals surface area (Å²) in [4.78, 5) is 23.1. The van der Waals surface area contributed by atoms with Gasteiger partial charge in [0.2, 0.25) is 0 Å². The van der Waals surface area contributed by atoms with Gasteiger partial charge in [0.15, 0.2) is 0 Å². The number of rotatable bonds is 5. The van der Waals surface area contributed by atoms with Crippen LogP contribution in [-0.2, 0) is 19.1 Å². The van der Waals surface area contributed by atoms with Crippen molar-refractivity contribution in [3.8, 4) is 0 Å². The fourth-order valence-corrected chi connectivity index (χ4v) is 2.09. The third-order valence-electron chi connectivity index (χ3n) is 1.76. The summed E-state index contributed by atoms with van der Waals surface area (Å²) in [6.07, 6.45) is 0. The maximum atomic E-state index is 11.6. The maximum Gasteiger partial charge on any atom is 0.344 e. The van der Waals surface area contributed by atoms with Gasteiger partial charge in [-0.3, -0.25) is 0 Å². The number of hydrogen-bond acceptors (Lipinski definition) is 4. The molecule has 0 spiro atoms. The van der Waals surface area contributed by atoms with Gasteiger partial charge in [0, 0.05) is 0 Å². The summed E-state index contributed by atoms with van der Waals surface area (Å²) >= 11 is 1.83. The highest BCUT2D eigenvalue weighted by atomic mass is 127. The molecule has 0 radical (unpaired) electrons. The number of carbonyl (C=O) groups is 2. The molecule has 16 heavy (non-hydrogen) atoms. The molecular formula is C11H17IO4. The number of hydrogen-bond donors (Lipinski definition) is 0. The topological polar surface area (TPSA) is 52.6 Å². The Morgan fingerprint density at radius 1 is 1.06 bits per heavy atom. The quantitative estimate of drug-likeness (QED) is 0.438. The van der Waals surface area contributed by atoms with Crippen LogP contribution < -0.4 is 0 Å². The molecule has 0 atom stereocenters. The Hall–Kier alpha value is -0.590. The van der Waals surface area contributed by atoms with Crippen LogP contribution in [0.5, 0.6) is 0 Å². The van der Waals surface area contributed by atoms with Crippen molar-refractivity contribution in [2.45, 2.75) is 27.7 Å². The SMILES string of the molecule is CCOC(=O)/C(I)=C(/C(=O)OCC)C(C)C. The van der Waals surface area contributed by atoms with Crippen LogP contribution in [-0.4, -0.2) is 25.2 Å². The first-order valence-corrected chi connectivity index (χ1v) is 6.27. The summed E-state index contributed by atoms with van der Waals surface area (Å²) in [7, 11) is 0. The largest absolute Gasteiger partial charge is 0.463 e. The van der Waals surface area contributed by atoms with Crippen molar-refractivity contribution in [2.24, 2.45) is 5.92 Å². The lowest BCUT2D eigenvalue weighted by Gasteiger charge is -2.12. The van der Waals surface area contributed by atoms with Gasteiger partial charge in [0.1, 0.15) is 3.58 Å². The number of halogens is 1. The van der Waals surface area contributed by atoms with Gasteiger partial charge in [-0.05, 0) is 42.4 Å².